The van der Waals surface area contributed by atoms with E-state index in [2.05, 4.69) is 0 Å². The lowest BCUT2D eigenvalue weighted by Crippen LogP contribution is -2.38. The Bertz CT molecular complexity index is 391. The third kappa shape index (κ3) is 5.74. The van der Waals surface area contributed by atoms with E-state index in [9.17, 15) is 9.59 Å². The fourth-order valence-corrected chi connectivity index (χ4v) is 2.21. The largest absolute Gasteiger partial charge is 0.465 e. The average molecular weight is 285 g/mol. The maximum atomic E-state index is 11.7. The summed E-state index contributed by atoms with van der Waals surface area (Å²) in [4.78, 5) is 24.6. The van der Waals surface area contributed by atoms with E-state index in [0.29, 0.717) is 19.6 Å². The maximum Gasteiger partial charge on any atom is 0.410 e. The van der Waals surface area contributed by atoms with Crippen LogP contribution in [0.15, 0.2) is 16.8 Å². The molecule has 0 unspecified atom stereocenters. The zero-order valence-corrected chi connectivity index (χ0v) is 12.1. The molecule has 0 aliphatic heterocycles. The van der Waals surface area contributed by atoms with Gasteiger partial charge in [-0.3, -0.25) is 9.69 Å². The van der Waals surface area contributed by atoms with Crippen LogP contribution in [0, 0.1) is 0 Å². The molecule has 1 aromatic rings. The molecule has 0 saturated carbocycles. The molecule has 19 heavy (non-hydrogen) atoms. The smallest absolute Gasteiger partial charge is 0.410 e. The molecule has 1 amide bonds. The Hall–Kier alpha value is -1.56. The molecule has 6 heteroatoms. The van der Waals surface area contributed by atoms with Crippen LogP contribution in [0.2, 0.25) is 0 Å². The van der Waals surface area contributed by atoms with Crippen LogP contribution in [-0.2, 0) is 20.7 Å². The summed E-state index contributed by atoms with van der Waals surface area (Å²) in [5.41, 5.74) is 1.14. The Labute approximate surface area is 117 Å². The molecule has 0 atom stereocenters. The van der Waals surface area contributed by atoms with Gasteiger partial charge in [0.25, 0.3) is 0 Å². The number of esters is 1. The molecule has 5 nitrogen and oxygen atoms in total. The minimum Gasteiger partial charge on any atom is -0.465 e. The van der Waals surface area contributed by atoms with Gasteiger partial charge in [0.05, 0.1) is 13.2 Å². The fraction of sp³-hybridized carbons (Fsp3) is 0.538. The highest BCUT2D eigenvalue weighted by molar-refractivity contribution is 7.07. The number of nitrogens with zero attached hydrogens (tertiary/aromatic N) is 1. The van der Waals surface area contributed by atoms with Crippen molar-refractivity contribution in [3.05, 3.63) is 22.4 Å². The number of carbonyl (C=O) groups is 2. The maximum absolute atomic E-state index is 11.7. The SMILES string of the molecule is CCOC(=O)CN(CCc1ccsc1)C(=O)OCC. The standard InChI is InChI=1S/C13H19NO4S/c1-3-17-12(15)9-14(13(16)18-4-2)7-5-11-6-8-19-10-11/h6,8,10H,3-5,7,9H2,1-2H3. The number of ether oxygens (including phenoxy) is 2. The molecule has 0 saturated heterocycles. The van der Waals surface area contributed by atoms with Gasteiger partial charge in [-0.1, -0.05) is 0 Å². The summed E-state index contributed by atoms with van der Waals surface area (Å²) in [7, 11) is 0. The molecular formula is C13H19NO4S. The summed E-state index contributed by atoms with van der Waals surface area (Å²) in [6.07, 6.45) is 0.215. The van der Waals surface area contributed by atoms with Crippen LogP contribution < -0.4 is 0 Å². The first-order valence-electron chi connectivity index (χ1n) is 6.25. The molecular weight excluding hydrogens is 266 g/mol. The minimum atomic E-state index is -0.481. The number of hydrogen-bond acceptors (Lipinski definition) is 5. The number of thiophene rings is 1. The van der Waals surface area contributed by atoms with Crippen molar-refractivity contribution in [1.29, 1.82) is 0 Å². The van der Waals surface area contributed by atoms with Crippen molar-refractivity contribution in [2.24, 2.45) is 0 Å². The van der Waals surface area contributed by atoms with E-state index in [0.717, 1.165) is 5.56 Å². The summed E-state index contributed by atoms with van der Waals surface area (Å²) in [6, 6.07) is 2.00. The molecule has 0 N–H and O–H groups in total. The summed E-state index contributed by atoms with van der Waals surface area (Å²) in [5, 5.41) is 4.00. The second-order valence-corrected chi connectivity index (χ2v) is 4.59. The Morgan fingerprint density at radius 3 is 2.58 bits per heavy atom. The highest BCUT2D eigenvalue weighted by Gasteiger charge is 2.18. The highest BCUT2D eigenvalue weighted by Crippen LogP contribution is 2.08. The van der Waals surface area contributed by atoms with E-state index in [1.807, 2.05) is 16.8 Å². The average Bonchev–Trinajstić information content (AvgIpc) is 2.88. The monoisotopic (exact) mass is 285 g/mol. The van der Waals surface area contributed by atoms with Crippen molar-refractivity contribution in [2.75, 3.05) is 26.3 Å². The van der Waals surface area contributed by atoms with E-state index < -0.39 is 12.1 Å². The van der Waals surface area contributed by atoms with Crippen LogP contribution in [0.5, 0.6) is 0 Å². The van der Waals surface area contributed by atoms with Crippen molar-refractivity contribution in [2.45, 2.75) is 20.3 Å². The van der Waals surface area contributed by atoms with Crippen molar-refractivity contribution in [1.82, 2.24) is 4.90 Å². The third-order valence-electron chi connectivity index (χ3n) is 2.40. The third-order valence-corrected chi connectivity index (χ3v) is 3.13. The van der Waals surface area contributed by atoms with Crippen LogP contribution in [0.3, 0.4) is 0 Å². The topological polar surface area (TPSA) is 55.8 Å². The van der Waals surface area contributed by atoms with Gasteiger partial charge in [-0.25, -0.2) is 4.79 Å². The summed E-state index contributed by atoms with van der Waals surface area (Å²) >= 11 is 1.61. The first kappa shape index (κ1) is 15.5. The van der Waals surface area contributed by atoms with Gasteiger partial charge in [0.2, 0.25) is 0 Å². The highest BCUT2D eigenvalue weighted by atomic mass is 32.1. The number of amides is 1. The normalized spacial score (nSPS) is 10.0. The Balaban J connectivity index is 2.53. The summed E-state index contributed by atoms with van der Waals surface area (Å²) in [5.74, 6) is -0.416. The van der Waals surface area contributed by atoms with Gasteiger partial charge < -0.3 is 9.47 Å². The molecule has 0 bridgehead atoms. The van der Waals surface area contributed by atoms with Gasteiger partial charge >= 0.3 is 12.1 Å². The van der Waals surface area contributed by atoms with Crippen molar-refractivity contribution >= 4 is 23.4 Å². The number of carbonyl (C=O) groups excluding carboxylic acids is 2. The van der Waals surface area contributed by atoms with Crippen molar-refractivity contribution in [3.63, 3.8) is 0 Å². The van der Waals surface area contributed by atoms with Gasteiger partial charge in [-0.2, -0.15) is 11.3 Å². The fourth-order valence-electron chi connectivity index (χ4n) is 1.51. The molecule has 0 spiro atoms. The van der Waals surface area contributed by atoms with Gasteiger partial charge in [0, 0.05) is 6.54 Å². The predicted molar refractivity (Wildman–Crippen MR) is 73.3 cm³/mol. The lowest BCUT2D eigenvalue weighted by molar-refractivity contribution is -0.144. The predicted octanol–water partition coefficient (Wildman–Crippen LogP) is 2.31. The second-order valence-electron chi connectivity index (χ2n) is 3.81. The van der Waals surface area contributed by atoms with Crippen molar-refractivity contribution < 1.29 is 19.1 Å². The molecule has 0 aliphatic rings. The molecule has 0 aromatic carbocycles. The lowest BCUT2D eigenvalue weighted by Gasteiger charge is -2.20. The molecule has 0 aliphatic carbocycles. The zero-order chi connectivity index (χ0) is 14.1. The Morgan fingerprint density at radius 1 is 1.26 bits per heavy atom. The minimum absolute atomic E-state index is 0.0726. The van der Waals surface area contributed by atoms with Gasteiger partial charge in [0.15, 0.2) is 0 Å². The van der Waals surface area contributed by atoms with E-state index in [4.69, 9.17) is 9.47 Å². The van der Waals surface area contributed by atoms with Crippen LogP contribution in [0.4, 0.5) is 4.79 Å². The zero-order valence-electron chi connectivity index (χ0n) is 11.3. The van der Waals surface area contributed by atoms with Gasteiger partial charge in [-0.15, -0.1) is 0 Å². The number of hydrogen-bond donors (Lipinski definition) is 0. The van der Waals surface area contributed by atoms with Crippen LogP contribution in [0.25, 0.3) is 0 Å². The molecule has 0 radical (unpaired) electrons. The van der Waals surface area contributed by atoms with Gasteiger partial charge in [-0.05, 0) is 42.7 Å². The second kappa shape index (κ2) is 8.53. The first-order valence-corrected chi connectivity index (χ1v) is 7.20. The van der Waals surface area contributed by atoms with Gasteiger partial charge in [0.1, 0.15) is 6.54 Å². The van der Waals surface area contributed by atoms with E-state index in [1.54, 1.807) is 25.2 Å². The number of rotatable bonds is 7. The lowest BCUT2D eigenvalue weighted by atomic mass is 10.2. The Kier molecular flexibility index (Phi) is 6.95. The quantitative estimate of drug-likeness (QED) is 0.721. The van der Waals surface area contributed by atoms with E-state index in [1.165, 1.54) is 4.90 Å². The molecule has 1 rings (SSSR count). The van der Waals surface area contributed by atoms with E-state index >= 15 is 0 Å². The van der Waals surface area contributed by atoms with Crippen molar-refractivity contribution in [3.8, 4) is 0 Å². The molecule has 1 heterocycles. The molecule has 106 valence electrons. The molecule has 0 fully saturated rings. The van der Waals surface area contributed by atoms with Crippen LogP contribution in [0.1, 0.15) is 19.4 Å². The molecule has 1 aromatic heterocycles. The Morgan fingerprint density at radius 2 is 2.00 bits per heavy atom. The van der Waals surface area contributed by atoms with Crippen LogP contribution >= 0.6 is 11.3 Å². The van der Waals surface area contributed by atoms with E-state index in [-0.39, 0.29) is 13.2 Å². The first-order chi connectivity index (χ1) is 9.17. The summed E-state index contributed by atoms with van der Waals surface area (Å²) < 4.78 is 9.79. The van der Waals surface area contributed by atoms with Crippen LogP contribution in [-0.4, -0.2) is 43.3 Å². The summed E-state index contributed by atoms with van der Waals surface area (Å²) in [6.45, 7) is 4.43.